The van der Waals surface area contributed by atoms with E-state index in [1.807, 2.05) is 37.3 Å². The summed E-state index contributed by atoms with van der Waals surface area (Å²) in [6.45, 7) is 4.02. The van der Waals surface area contributed by atoms with Crippen molar-refractivity contribution in [2.45, 2.75) is 19.1 Å². The summed E-state index contributed by atoms with van der Waals surface area (Å²) in [7, 11) is 0. The second kappa shape index (κ2) is 8.79. The molecule has 3 aromatic rings. The Morgan fingerprint density at radius 3 is 2.38 bits per heavy atom. The van der Waals surface area contributed by atoms with Gasteiger partial charge in [0.1, 0.15) is 5.82 Å². The number of aromatic nitrogens is 1. The van der Waals surface area contributed by atoms with Gasteiger partial charge >= 0.3 is 6.03 Å². The number of urea groups is 1. The maximum atomic E-state index is 14.0. The van der Waals surface area contributed by atoms with Crippen LogP contribution in [0, 0.1) is 0 Å². The Morgan fingerprint density at radius 1 is 1.00 bits per heavy atom. The van der Waals surface area contributed by atoms with Gasteiger partial charge in [-0.1, -0.05) is 43.3 Å². The van der Waals surface area contributed by atoms with E-state index < -0.39 is 17.7 Å². The fourth-order valence-corrected chi connectivity index (χ4v) is 4.63. The number of benzene rings is 2. The first kappa shape index (κ1) is 21.9. The van der Waals surface area contributed by atoms with Crippen molar-refractivity contribution in [2.75, 3.05) is 41.3 Å². The van der Waals surface area contributed by atoms with Crippen LogP contribution in [0.2, 0.25) is 0 Å². The van der Waals surface area contributed by atoms with Gasteiger partial charge in [0.2, 0.25) is 0 Å². The summed E-state index contributed by atoms with van der Waals surface area (Å²) in [5, 5.41) is 14.9. The molecule has 5 rings (SSSR count). The summed E-state index contributed by atoms with van der Waals surface area (Å²) < 4.78 is 0. The molecule has 1 saturated heterocycles. The number of rotatable bonds is 4. The third kappa shape index (κ3) is 3.66. The van der Waals surface area contributed by atoms with E-state index in [0.29, 0.717) is 43.1 Å². The molecule has 1 fully saturated rings. The summed E-state index contributed by atoms with van der Waals surface area (Å²) in [6.07, 6.45) is 2.59. The molecular formula is C26H27N5O3. The molecule has 8 heteroatoms. The normalized spacial score (nSPS) is 20.1. The number of nitrogens with one attached hydrogen (secondary N) is 1. The number of para-hydroxylation sites is 1. The number of nitrogens with zero attached hydrogens (tertiary/aromatic N) is 4. The van der Waals surface area contributed by atoms with Crippen LogP contribution in [0.1, 0.15) is 18.1 Å². The molecule has 2 aromatic carbocycles. The van der Waals surface area contributed by atoms with Crippen LogP contribution in [-0.2, 0) is 16.9 Å². The summed E-state index contributed by atoms with van der Waals surface area (Å²) in [5.74, 6) is 0.336. The molecule has 0 saturated carbocycles. The fourth-order valence-electron chi connectivity index (χ4n) is 4.63. The number of piperazine rings is 1. The number of hydrogen-bond donors (Lipinski definition) is 2. The molecule has 0 unspecified atom stereocenters. The largest absolute Gasteiger partial charge is 0.359 e. The average Bonchev–Trinajstić information content (AvgIpc) is 2.89. The summed E-state index contributed by atoms with van der Waals surface area (Å²) in [5.41, 5.74) is 0.164. The molecule has 0 bridgehead atoms. The number of fused-ring (bicyclic) bond motifs is 1. The van der Waals surface area contributed by atoms with E-state index in [-0.39, 0.29) is 0 Å². The van der Waals surface area contributed by atoms with Gasteiger partial charge in [-0.2, -0.15) is 0 Å². The molecule has 1 aromatic heterocycles. The first-order valence-electron chi connectivity index (χ1n) is 11.5. The van der Waals surface area contributed by atoms with Crippen molar-refractivity contribution >= 4 is 29.1 Å². The second-order valence-electron chi connectivity index (χ2n) is 8.47. The van der Waals surface area contributed by atoms with Crippen molar-refractivity contribution in [3.05, 3.63) is 84.1 Å². The van der Waals surface area contributed by atoms with Gasteiger partial charge in [-0.05, 0) is 42.3 Å². The van der Waals surface area contributed by atoms with E-state index in [9.17, 15) is 14.7 Å². The minimum absolute atomic E-state index is 0.353. The number of amides is 3. The molecule has 0 radical (unpaired) electrons. The average molecular weight is 458 g/mol. The highest BCUT2D eigenvalue weighted by Gasteiger charge is 2.53. The second-order valence-corrected chi connectivity index (χ2v) is 8.47. The van der Waals surface area contributed by atoms with Crippen LogP contribution in [0.25, 0.3) is 0 Å². The standard InChI is InChI=1S/C26H27N5O3/c1-2-19-10-12-20(13-11-19)31-25(33)28-22-8-4-3-7-21(22)26(31,34)24(32)30-17-15-29(16-18-30)23-9-5-6-14-27-23/h3-14,34H,2,15-18H2,1H3,(H,28,33)/t26-/m0/s1. The Morgan fingerprint density at radius 2 is 1.71 bits per heavy atom. The number of pyridine rings is 1. The molecule has 1 atom stereocenters. The van der Waals surface area contributed by atoms with Gasteiger partial charge in [-0.3, -0.25) is 9.69 Å². The van der Waals surface area contributed by atoms with Gasteiger partial charge in [-0.15, -0.1) is 0 Å². The number of aryl methyl sites for hydroxylation is 1. The van der Waals surface area contributed by atoms with Crippen molar-refractivity contribution < 1.29 is 14.7 Å². The lowest BCUT2D eigenvalue weighted by atomic mass is 9.93. The first-order chi connectivity index (χ1) is 16.5. The summed E-state index contributed by atoms with van der Waals surface area (Å²) >= 11 is 0. The topological polar surface area (TPSA) is 89.0 Å². The van der Waals surface area contributed by atoms with Gasteiger partial charge in [-0.25, -0.2) is 9.78 Å². The predicted molar refractivity (Wildman–Crippen MR) is 131 cm³/mol. The van der Waals surface area contributed by atoms with E-state index in [1.165, 1.54) is 4.90 Å². The zero-order valence-corrected chi connectivity index (χ0v) is 19.0. The minimum Gasteiger partial charge on any atom is -0.359 e. The van der Waals surface area contributed by atoms with Crippen molar-refractivity contribution in [3.8, 4) is 0 Å². The van der Waals surface area contributed by atoms with Crippen LogP contribution in [0.4, 0.5) is 22.0 Å². The molecule has 3 amide bonds. The van der Waals surface area contributed by atoms with E-state index in [0.717, 1.165) is 17.8 Å². The molecule has 0 spiro atoms. The van der Waals surface area contributed by atoms with Crippen LogP contribution < -0.4 is 15.1 Å². The minimum atomic E-state index is -2.17. The molecule has 8 nitrogen and oxygen atoms in total. The van der Waals surface area contributed by atoms with Crippen molar-refractivity contribution in [2.24, 2.45) is 0 Å². The number of aliphatic hydroxyl groups is 1. The van der Waals surface area contributed by atoms with Gasteiger partial charge in [0.25, 0.3) is 11.6 Å². The molecule has 2 aliphatic rings. The Balaban J connectivity index is 1.49. The van der Waals surface area contributed by atoms with Crippen LogP contribution in [-0.4, -0.2) is 53.1 Å². The van der Waals surface area contributed by atoms with Crippen LogP contribution in [0.3, 0.4) is 0 Å². The lowest BCUT2D eigenvalue weighted by molar-refractivity contribution is -0.152. The highest BCUT2D eigenvalue weighted by atomic mass is 16.3. The van der Waals surface area contributed by atoms with Gasteiger partial charge in [0.15, 0.2) is 0 Å². The molecule has 2 N–H and O–H groups in total. The molecule has 2 aliphatic heterocycles. The van der Waals surface area contributed by atoms with E-state index >= 15 is 0 Å². The molecule has 0 aliphatic carbocycles. The monoisotopic (exact) mass is 457 g/mol. The number of anilines is 3. The Bertz CT molecular complexity index is 1190. The summed E-state index contributed by atoms with van der Waals surface area (Å²) in [4.78, 5) is 36.5. The van der Waals surface area contributed by atoms with Gasteiger partial charge < -0.3 is 20.2 Å². The maximum Gasteiger partial charge on any atom is 0.329 e. The highest BCUT2D eigenvalue weighted by Crippen LogP contribution is 2.41. The smallest absolute Gasteiger partial charge is 0.329 e. The fraction of sp³-hybridized carbons (Fsp3) is 0.269. The van der Waals surface area contributed by atoms with E-state index in [4.69, 9.17) is 0 Å². The zero-order valence-electron chi connectivity index (χ0n) is 19.0. The van der Waals surface area contributed by atoms with Gasteiger partial charge in [0.05, 0.1) is 5.69 Å². The number of carbonyl (C=O) groups is 2. The van der Waals surface area contributed by atoms with Gasteiger partial charge in [0, 0.05) is 43.6 Å². The van der Waals surface area contributed by atoms with E-state index in [2.05, 4.69) is 15.2 Å². The van der Waals surface area contributed by atoms with Crippen molar-refractivity contribution in [3.63, 3.8) is 0 Å². The third-order valence-electron chi connectivity index (χ3n) is 6.51. The third-order valence-corrected chi connectivity index (χ3v) is 6.51. The predicted octanol–water partition coefficient (Wildman–Crippen LogP) is 3.19. The van der Waals surface area contributed by atoms with E-state index in [1.54, 1.807) is 47.5 Å². The maximum absolute atomic E-state index is 14.0. The SMILES string of the molecule is CCc1ccc(N2C(=O)Nc3ccccc3[C@]2(O)C(=O)N2CCN(c3ccccn3)CC2)cc1. The summed E-state index contributed by atoms with van der Waals surface area (Å²) in [6, 6.07) is 19.4. The number of hydrogen-bond acceptors (Lipinski definition) is 5. The lowest BCUT2D eigenvalue weighted by Crippen LogP contribution is -2.65. The Hall–Kier alpha value is -3.91. The lowest BCUT2D eigenvalue weighted by Gasteiger charge is -2.46. The first-order valence-corrected chi connectivity index (χ1v) is 11.5. The Kier molecular flexibility index (Phi) is 5.67. The molecule has 174 valence electrons. The van der Waals surface area contributed by atoms with Crippen LogP contribution >= 0.6 is 0 Å². The van der Waals surface area contributed by atoms with Crippen LogP contribution in [0.15, 0.2) is 72.9 Å². The highest BCUT2D eigenvalue weighted by molar-refractivity contribution is 6.11. The number of carbonyl (C=O) groups excluding carboxylic acids is 2. The van der Waals surface area contributed by atoms with Crippen LogP contribution in [0.5, 0.6) is 0 Å². The Labute approximate surface area is 198 Å². The zero-order chi connectivity index (χ0) is 23.7. The quantitative estimate of drug-likeness (QED) is 0.628. The van der Waals surface area contributed by atoms with Crippen molar-refractivity contribution in [1.82, 2.24) is 9.88 Å². The molecule has 34 heavy (non-hydrogen) atoms. The van der Waals surface area contributed by atoms with Crippen molar-refractivity contribution in [1.29, 1.82) is 0 Å². The molecular weight excluding hydrogens is 430 g/mol. The molecule has 3 heterocycles.